The maximum absolute atomic E-state index is 13.8. The van der Waals surface area contributed by atoms with Crippen molar-refractivity contribution in [2.24, 2.45) is 5.92 Å². The van der Waals surface area contributed by atoms with Crippen LogP contribution < -0.4 is 5.32 Å². The predicted octanol–water partition coefficient (Wildman–Crippen LogP) is 3.33. The number of benzene rings is 1. The Labute approximate surface area is 122 Å². The lowest BCUT2D eigenvalue weighted by atomic mass is 9.76. The molecule has 0 radical (unpaired) electrons. The number of halogens is 2. The Bertz CT molecular complexity index is 442. The van der Waals surface area contributed by atoms with E-state index in [4.69, 9.17) is 0 Å². The number of piperazine rings is 1. The molecular formula is C15H20BrFN2. The molecule has 0 spiro atoms. The second-order valence-electron chi connectivity index (χ2n) is 5.56. The molecule has 1 N–H and O–H groups in total. The Morgan fingerprint density at radius 1 is 1.26 bits per heavy atom. The third-order valence-corrected chi connectivity index (χ3v) is 5.28. The third kappa shape index (κ3) is 2.71. The zero-order valence-electron chi connectivity index (χ0n) is 11.0. The van der Waals surface area contributed by atoms with Gasteiger partial charge in [-0.05, 0) is 46.3 Å². The van der Waals surface area contributed by atoms with Gasteiger partial charge in [-0.1, -0.05) is 18.6 Å². The highest BCUT2D eigenvalue weighted by Crippen LogP contribution is 2.43. The van der Waals surface area contributed by atoms with Gasteiger partial charge >= 0.3 is 0 Å². The van der Waals surface area contributed by atoms with Crippen molar-refractivity contribution in [2.75, 3.05) is 26.2 Å². The molecule has 1 aliphatic carbocycles. The van der Waals surface area contributed by atoms with E-state index in [1.807, 2.05) is 6.07 Å². The molecule has 1 atom stereocenters. The first-order valence-electron chi connectivity index (χ1n) is 7.16. The van der Waals surface area contributed by atoms with E-state index in [0.29, 0.717) is 16.4 Å². The lowest BCUT2D eigenvalue weighted by Gasteiger charge is -2.43. The van der Waals surface area contributed by atoms with Gasteiger partial charge in [-0.15, -0.1) is 0 Å². The molecule has 104 valence electrons. The van der Waals surface area contributed by atoms with Gasteiger partial charge in [0.2, 0.25) is 0 Å². The molecular weight excluding hydrogens is 307 g/mol. The van der Waals surface area contributed by atoms with Crippen molar-refractivity contribution in [3.8, 4) is 0 Å². The summed E-state index contributed by atoms with van der Waals surface area (Å²) in [6.07, 6.45) is 3.87. The minimum absolute atomic E-state index is 0.142. The maximum atomic E-state index is 13.8. The van der Waals surface area contributed by atoms with Crippen molar-refractivity contribution in [3.05, 3.63) is 34.1 Å². The van der Waals surface area contributed by atoms with Crippen molar-refractivity contribution >= 4 is 15.9 Å². The van der Waals surface area contributed by atoms with Gasteiger partial charge in [0.1, 0.15) is 5.82 Å². The summed E-state index contributed by atoms with van der Waals surface area (Å²) in [5, 5.41) is 3.39. The fourth-order valence-corrected chi connectivity index (χ4v) is 3.71. The first kappa shape index (κ1) is 13.5. The van der Waals surface area contributed by atoms with E-state index in [-0.39, 0.29) is 5.82 Å². The van der Waals surface area contributed by atoms with Gasteiger partial charge in [0.05, 0.1) is 4.47 Å². The summed E-state index contributed by atoms with van der Waals surface area (Å²) in [5.41, 5.74) is 1.13. The van der Waals surface area contributed by atoms with Crippen LogP contribution in [0.5, 0.6) is 0 Å². The largest absolute Gasteiger partial charge is 0.314 e. The van der Waals surface area contributed by atoms with Crippen molar-refractivity contribution in [3.63, 3.8) is 0 Å². The smallest absolute Gasteiger partial charge is 0.137 e. The van der Waals surface area contributed by atoms with Crippen LogP contribution in [-0.4, -0.2) is 31.1 Å². The van der Waals surface area contributed by atoms with Crippen LogP contribution in [-0.2, 0) is 0 Å². The van der Waals surface area contributed by atoms with E-state index in [0.717, 1.165) is 31.7 Å². The molecule has 1 saturated heterocycles. The Balaban J connectivity index is 1.91. The Hall–Kier alpha value is -0.450. The molecule has 0 amide bonds. The van der Waals surface area contributed by atoms with Crippen LogP contribution in [0, 0.1) is 11.7 Å². The molecule has 0 bridgehead atoms. The van der Waals surface area contributed by atoms with Crippen molar-refractivity contribution in [1.82, 2.24) is 10.2 Å². The summed E-state index contributed by atoms with van der Waals surface area (Å²) in [5.74, 6) is 0.549. The van der Waals surface area contributed by atoms with Crippen molar-refractivity contribution < 1.29 is 4.39 Å². The van der Waals surface area contributed by atoms with Gasteiger partial charge in [0, 0.05) is 32.2 Å². The molecule has 1 aliphatic heterocycles. The molecule has 0 unspecified atom stereocenters. The van der Waals surface area contributed by atoms with Crippen molar-refractivity contribution in [2.45, 2.75) is 25.3 Å². The predicted molar refractivity (Wildman–Crippen MR) is 78.6 cm³/mol. The quantitative estimate of drug-likeness (QED) is 0.916. The summed E-state index contributed by atoms with van der Waals surface area (Å²) in [6, 6.07) is 5.82. The standard InChI is InChI=1S/C15H20BrFN2/c16-14-12(5-2-6-13(14)17)15(11-3-1-4-11)19-9-7-18-8-10-19/h2,5-6,11,15,18H,1,3-4,7-10H2/t15-/m1/s1. The van der Waals surface area contributed by atoms with Crippen LogP contribution in [0.1, 0.15) is 30.9 Å². The molecule has 0 aromatic heterocycles. The first-order valence-corrected chi connectivity index (χ1v) is 7.95. The third-order valence-electron chi connectivity index (χ3n) is 4.44. The maximum Gasteiger partial charge on any atom is 0.137 e. The van der Waals surface area contributed by atoms with Gasteiger partial charge in [0.25, 0.3) is 0 Å². The average Bonchev–Trinajstić information content (AvgIpc) is 2.38. The highest BCUT2D eigenvalue weighted by atomic mass is 79.9. The summed E-state index contributed by atoms with van der Waals surface area (Å²) in [7, 11) is 0. The molecule has 19 heavy (non-hydrogen) atoms. The van der Waals surface area contributed by atoms with Crippen LogP contribution in [0.2, 0.25) is 0 Å². The molecule has 2 aliphatic rings. The van der Waals surface area contributed by atoms with Crippen LogP contribution in [0.3, 0.4) is 0 Å². The van der Waals surface area contributed by atoms with Crippen LogP contribution in [0.4, 0.5) is 4.39 Å². The van der Waals surface area contributed by atoms with Gasteiger partial charge in [0.15, 0.2) is 0 Å². The Morgan fingerprint density at radius 3 is 2.63 bits per heavy atom. The summed E-state index contributed by atoms with van der Waals surface area (Å²) < 4.78 is 14.5. The van der Waals surface area contributed by atoms with Crippen LogP contribution in [0.15, 0.2) is 22.7 Å². The zero-order valence-corrected chi connectivity index (χ0v) is 12.6. The van der Waals surface area contributed by atoms with E-state index in [9.17, 15) is 4.39 Å². The minimum atomic E-state index is -0.142. The number of nitrogens with zero attached hydrogens (tertiary/aromatic N) is 1. The highest BCUT2D eigenvalue weighted by Gasteiger charge is 2.34. The zero-order chi connectivity index (χ0) is 13.2. The average molecular weight is 327 g/mol. The molecule has 2 nitrogen and oxygen atoms in total. The van der Waals surface area contributed by atoms with Crippen LogP contribution >= 0.6 is 15.9 Å². The van der Waals surface area contributed by atoms with Crippen molar-refractivity contribution in [1.29, 1.82) is 0 Å². The highest BCUT2D eigenvalue weighted by molar-refractivity contribution is 9.10. The van der Waals surface area contributed by atoms with E-state index in [1.54, 1.807) is 0 Å². The minimum Gasteiger partial charge on any atom is -0.314 e. The number of nitrogens with one attached hydrogen (secondary N) is 1. The number of hydrogen-bond donors (Lipinski definition) is 1. The second kappa shape index (κ2) is 5.90. The topological polar surface area (TPSA) is 15.3 Å². The molecule has 1 aromatic rings. The molecule has 2 fully saturated rings. The van der Waals surface area contributed by atoms with Crippen LogP contribution in [0.25, 0.3) is 0 Å². The molecule has 1 aromatic carbocycles. The summed E-state index contributed by atoms with van der Waals surface area (Å²) in [6.45, 7) is 4.19. The van der Waals surface area contributed by atoms with Gasteiger partial charge in [-0.2, -0.15) is 0 Å². The summed E-state index contributed by atoms with van der Waals surface area (Å²) >= 11 is 3.45. The Kier molecular flexibility index (Phi) is 4.20. The summed E-state index contributed by atoms with van der Waals surface area (Å²) in [4.78, 5) is 2.53. The number of rotatable bonds is 3. The fraction of sp³-hybridized carbons (Fsp3) is 0.600. The first-order chi connectivity index (χ1) is 9.27. The molecule has 1 heterocycles. The lowest BCUT2D eigenvalue weighted by Crippen LogP contribution is -2.48. The SMILES string of the molecule is Fc1cccc([C@@H](C2CCC2)N2CCNCC2)c1Br. The van der Waals surface area contributed by atoms with Gasteiger partial charge < -0.3 is 5.32 Å². The van der Waals surface area contributed by atoms with E-state index in [1.165, 1.54) is 25.3 Å². The van der Waals surface area contributed by atoms with E-state index >= 15 is 0 Å². The van der Waals surface area contributed by atoms with Gasteiger partial charge in [-0.3, -0.25) is 4.90 Å². The van der Waals surface area contributed by atoms with E-state index < -0.39 is 0 Å². The Morgan fingerprint density at radius 2 is 2.00 bits per heavy atom. The van der Waals surface area contributed by atoms with Gasteiger partial charge in [-0.25, -0.2) is 4.39 Å². The normalized spacial score (nSPS) is 23.1. The fourth-order valence-electron chi connectivity index (χ4n) is 3.21. The lowest BCUT2D eigenvalue weighted by molar-refractivity contribution is 0.0830. The molecule has 1 saturated carbocycles. The monoisotopic (exact) mass is 326 g/mol. The number of hydrogen-bond acceptors (Lipinski definition) is 2. The second-order valence-corrected chi connectivity index (χ2v) is 6.36. The van der Waals surface area contributed by atoms with E-state index in [2.05, 4.69) is 32.2 Å². The molecule has 3 rings (SSSR count). The molecule has 4 heteroatoms.